The van der Waals surface area contributed by atoms with Crippen LogP contribution in [-0.2, 0) is 6.54 Å². The number of amides is 1. The fraction of sp³-hybridized carbons (Fsp3) is 0.450. The highest BCUT2D eigenvalue weighted by Gasteiger charge is 2.23. The molecule has 4 rings (SSSR count). The summed E-state index contributed by atoms with van der Waals surface area (Å²) in [7, 11) is 0. The number of piperazine rings is 1. The van der Waals surface area contributed by atoms with Gasteiger partial charge in [-0.25, -0.2) is 9.36 Å². The smallest absolute Gasteiger partial charge is 0.274 e. The van der Waals surface area contributed by atoms with Gasteiger partial charge < -0.3 is 4.90 Å². The number of hydrogen-bond donors (Lipinski definition) is 1. The molecule has 10 heteroatoms. The first-order chi connectivity index (χ1) is 14.4. The van der Waals surface area contributed by atoms with Gasteiger partial charge in [-0.3, -0.25) is 19.6 Å². The SMILES string of the molecule is Cc1cc(C)n(-c2ccc(=O)n(CCN3CCN(C(=O)c4cc(C)[nH]n4)CC3)n2)n1. The Morgan fingerprint density at radius 1 is 1.03 bits per heavy atom. The number of hydrogen-bond acceptors (Lipinski definition) is 6. The molecule has 10 nitrogen and oxygen atoms in total. The van der Waals surface area contributed by atoms with Crippen LogP contribution in [0.1, 0.15) is 27.6 Å². The van der Waals surface area contributed by atoms with E-state index in [1.54, 1.807) is 16.8 Å². The number of nitrogens with one attached hydrogen (secondary N) is 1. The van der Waals surface area contributed by atoms with E-state index in [0.717, 1.165) is 30.2 Å². The van der Waals surface area contributed by atoms with Crippen molar-refractivity contribution in [2.45, 2.75) is 27.3 Å². The number of nitrogens with zero attached hydrogens (tertiary/aromatic N) is 7. The van der Waals surface area contributed by atoms with Crippen LogP contribution in [0.5, 0.6) is 0 Å². The van der Waals surface area contributed by atoms with Crippen molar-refractivity contribution in [3.8, 4) is 5.82 Å². The van der Waals surface area contributed by atoms with Crippen LogP contribution in [0.25, 0.3) is 5.82 Å². The molecule has 4 heterocycles. The van der Waals surface area contributed by atoms with Gasteiger partial charge in [-0.05, 0) is 39.0 Å². The standard InChI is InChI=1S/C20H26N8O2/c1-14-13-17(22-21-14)20(30)26-9-6-25(7-10-26)8-11-27-19(29)5-4-18(24-27)28-16(3)12-15(2)23-28/h4-5,12-13H,6-11H2,1-3H3,(H,21,22). The van der Waals surface area contributed by atoms with E-state index in [9.17, 15) is 9.59 Å². The second-order valence-electron chi connectivity index (χ2n) is 7.66. The highest BCUT2D eigenvalue weighted by molar-refractivity contribution is 5.92. The molecule has 3 aromatic rings. The lowest BCUT2D eigenvalue weighted by Gasteiger charge is -2.34. The molecule has 0 aromatic carbocycles. The van der Waals surface area contributed by atoms with Crippen molar-refractivity contribution in [1.29, 1.82) is 0 Å². The summed E-state index contributed by atoms with van der Waals surface area (Å²) in [4.78, 5) is 28.8. The molecule has 0 radical (unpaired) electrons. The van der Waals surface area contributed by atoms with Crippen molar-refractivity contribution in [3.05, 3.63) is 57.4 Å². The van der Waals surface area contributed by atoms with Gasteiger partial charge in [0.15, 0.2) is 5.82 Å². The van der Waals surface area contributed by atoms with Crippen molar-refractivity contribution >= 4 is 5.91 Å². The van der Waals surface area contributed by atoms with Gasteiger partial charge >= 0.3 is 0 Å². The summed E-state index contributed by atoms with van der Waals surface area (Å²) >= 11 is 0. The Balaban J connectivity index is 1.35. The first-order valence-corrected chi connectivity index (χ1v) is 10.1. The van der Waals surface area contributed by atoms with Gasteiger partial charge in [0.05, 0.1) is 12.2 Å². The van der Waals surface area contributed by atoms with E-state index in [4.69, 9.17) is 0 Å². The number of carbonyl (C=O) groups excluding carboxylic acids is 1. The van der Waals surface area contributed by atoms with Crippen LogP contribution in [0.4, 0.5) is 0 Å². The predicted molar refractivity (Wildman–Crippen MR) is 111 cm³/mol. The molecule has 3 aromatic heterocycles. The minimum absolute atomic E-state index is 0.0468. The van der Waals surface area contributed by atoms with Gasteiger partial charge in [0.2, 0.25) is 0 Å². The largest absolute Gasteiger partial charge is 0.335 e. The van der Waals surface area contributed by atoms with Crippen LogP contribution in [-0.4, -0.2) is 78.2 Å². The van der Waals surface area contributed by atoms with Crippen LogP contribution in [0.2, 0.25) is 0 Å². The normalized spacial score (nSPS) is 15.0. The average Bonchev–Trinajstić information content (AvgIpc) is 3.32. The minimum atomic E-state index is -0.136. The molecule has 1 aliphatic rings. The van der Waals surface area contributed by atoms with Crippen LogP contribution >= 0.6 is 0 Å². The Morgan fingerprint density at radius 3 is 2.43 bits per heavy atom. The summed E-state index contributed by atoms with van der Waals surface area (Å²) in [5.41, 5.74) is 3.07. The van der Waals surface area contributed by atoms with Crippen molar-refractivity contribution in [1.82, 2.24) is 39.6 Å². The molecule has 1 fully saturated rings. The Morgan fingerprint density at radius 2 is 1.80 bits per heavy atom. The number of aromatic nitrogens is 6. The summed E-state index contributed by atoms with van der Waals surface area (Å²) in [6.45, 7) is 9.72. The zero-order chi connectivity index (χ0) is 21.3. The third-order valence-corrected chi connectivity index (χ3v) is 5.29. The van der Waals surface area contributed by atoms with Gasteiger partial charge in [-0.15, -0.1) is 5.10 Å². The Kier molecular flexibility index (Phi) is 5.49. The lowest BCUT2D eigenvalue weighted by Crippen LogP contribution is -2.49. The minimum Gasteiger partial charge on any atom is -0.335 e. The third kappa shape index (κ3) is 4.18. The second kappa shape index (κ2) is 8.23. The number of H-pyrrole nitrogens is 1. The summed E-state index contributed by atoms with van der Waals surface area (Å²) in [6, 6.07) is 6.96. The maximum absolute atomic E-state index is 12.5. The van der Waals surface area contributed by atoms with Crippen molar-refractivity contribution in [3.63, 3.8) is 0 Å². The quantitative estimate of drug-likeness (QED) is 0.658. The Labute approximate surface area is 174 Å². The van der Waals surface area contributed by atoms with Crippen molar-refractivity contribution < 1.29 is 4.79 Å². The summed E-state index contributed by atoms with van der Waals surface area (Å²) < 4.78 is 3.22. The number of carbonyl (C=O) groups is 1. The maximum Gasteiger partial charge on any atom is 0.274 e. The Bertz CT molecular complexity index is 1100. The number of aromatic amines is 1. The fourth-order valence-corrected chi connectivity index (χ4v) is 3.67. The zero-order valence-corrected chi connectivity index (χ0v) is 17.5. The van der Waals surface area contributed by atoms with E-state index in [1.165, 1.54) is 10.7 Å². The van der Waals surface area contributed by atoms with Gasteiger partial charge in [-0.1, -0.05) is 0 Å². The molecule has 1 amide bonds. The lowest BCUT2D eigenvalue weighted by atomic mass is 10.2. The van der Waals surface area contributed by atoms with Gasteiger partial charge in [0.1, 0.15) is 5.69 Å². The van der Waals surface area contributed by atoms with Crippen LogP contribution in [0, 0.1) is 20.8 Å². The molecular formula is C20H26N8O2. The van der Waals surface area contributed by atoms with E-state index in [1.807, 2.05) is 31.7 Å². The molecule has 0 saturated carbocycles. The van der Waals surface area contributed by atoms with Crippen LogP contribution in [0.3, 0.4) is 0 Å². The van der Waals surface area contributed by atoms with Crippen molar-refractivity contribution in [2.75, 3.05) is 32.7 Å². The molecule has 1 aliphatic heterocycles. The maximum atomic E-state index is 12.5. The zero-order valence-electron chi connectivity index (χ0n) is 17.5. The molecular weight excluding hydrogens is 384 g/mol. The van der Waals surface area contributed by atoms with Gasteiger partial charge in [-0.2, -0.15) is 10.2 Å². The highest BCUT2D eigenvalue weighted by atomic mass is 16.2. The molecule has 30 heavy (non-hydrogen) atoms. The van der Waals surface area contributed by atoms with E-state index >= 15 is 0 Å². The molecule has 1 N–H and O–H groups in total. The summed E-state index contributed by atoms with van der Waals surface area (Å²) in [5, 5.41) is 15.8. The molecule has 158 valence electrons. The van der Waals surface area contributed by atoms with E-state index < -0.39 is 0 Å². The Hall–Kier alpha value is -3.27. The van der Waals surface area contributed by atoms with Gasteiger partial charge in [0.25, 0.3) is 11.5 Å². The van der Waals surface area contributed by atoms with E-state index in [0.29, 0.717) is 37.7 Å². The number of aryl methyl sites for hydroxylation is 3. The van der Waals surface area contributed by atoms with Gasteiger partial charge in [0, 0.05) is 50.2 Å². The molecule has 1 saturated heterocycles. The lowest BCUT2D eigenvalue weighted by molar-refractivity contribution is 0.0625. The molecule has 0 unspecified atom stereocenters. The second-order valence-corrected chi connectivity index (χ2v) is 7.66. The molecule has 0 bridgehead atoms. The fourth-order valence-electron chi connectivity index (χ4n) is 3.67. The highest BCUT2D eigenvalue weighted by Crippen LogP contribution is 2.09. The molecule has 0 spiro atoms. The predicted octanol–water partition coefficient (Wildman–Crippen LogP) is 0.535. The monoisotopic (exact) mass is 410 g/mol. The van der Waals surface area contributed by atoms with Crippen molar-refractivity contribution in [2.24, 2.45) is 0 Å². The summed E-state index contributed by atoms with van der Waals surface area (Å²) in [6.07, 6.45) is 0. The average molecular weight is 410 g/mol. The van der Waals surface area contributed by atoms with E-state index in [2.05, 4.69) is 25.3 Å². The topological polar surface area (TPSA) is 105 Å². The van der Waals surface area contributed by atoms with Crippen LogP contribution < -0.4 is 5.56 Å². The number of rotatable bonds is 5. The first kappa shape index (κ1) is 20.0. The third-order valence-electron chi connectivity index (χ3n) is 5.29. The van der Waals surface area contributed by atoms with E-state index in [-0.39, 0.29) is 11.5 Å². The van der Waals surface area contributed by atoms with Crippen LogP contribution in [0.15, 0.2) is 29.1 Å². The summed E-state index contributed by atoms with van der Waals surface area (Å²) in [5.74, 6) is 0.583. The molecule has 0 aliphatic carbocycles. The molecule has 0 atom stereocenters. The first-order valence-electron chi connectivity index (χ1n) is 10.1.